The van der Waals surface area contributed by atoms with Crippen molar-refractivity contribution >= 4 is 33.5 Å². The van der Waals surface area contributed by atoms with Crippen LogP contribution in [0, 0.1) is 0 Å². The number of aliphatic imine (C=N–C) groups is 2. The molecule has 0 amide bonds. The number of nitrogens with zero attached hydrogens (tertiary/aromatic N) is 3. The Morgan fingerprint density at radius 1 is 1.37 bits per heavy atom. The van der Waals surface area contributed by atoms with Crippen LogP contribution in [-0.4, -0.2) is 29.2 Å². The van der Waals surface area contributed by atoms with Crippen LogP contribution in [0.1, 0.15) is 12.0 Å². The third kappa shape index (κ3) is 2.12. The number of aromatic nitrogens is 1. The number of methoxy groups -OCH3 is 1. The zero-order valence-corrected chi connectivity index (χ0v) is 11.6. The highest BCUT2D eigenvalue weighted by Gasteiger charge is 2.15. The minimum atomic E-state index is 0.340. The zero-order valence-electron chi connectivity index (χ0n) is 10.9. The summed E-state index contributed by atoms with van der Waals surface area (Å²) in [4.78, 5) is 8.43. The van der Waals surface area contributed by atoms with Gasteiger partial charge in [-0.05, 0) is 23.7 Å². The second-order valence-corrected chi connectivity index (χ2v) is 4.83. The van der Waals surface area contributed by atoms with Crippen molar-refractivity contribution < 1.29 is 4.74 Å². The fourth-order valence-electron chi connectivity index (χ4n) is 2.37. The Hall–Kier alpha value is -1.81. The molecule has 0 bridgehead atoms. The van der Waals surface area contributed by atoms with Crippen LogP contribution in [0.25, 0.3) is 10.9 Å². The molecule has 2 heterocycles. The molecule has 0 unspecified atom stereocenters. The van der Waals surface area contributed by atoms with Gasteiger partial charge in [0.2, 0.25) is 5.29 Å². The molecule has 0 fully saturated rings. The first-order chi connectivity index (χ1) is 9.19. The van der Waals surface area contributed by atoms with Crippen molar-refractivity contribution in [2.24, 2.45) is 17.0 Å². The summed E-state index contributed by atoms with van der Waals surface area (Å²) in [6, 6.07) is 6.05. The van der Waals surface area contributed by atoms with Crippen LogP contribution in [0.15, 0.2) is 34.4 Å². The lowest BCUT2D eigenvalue weighted by atomic mass is 10.1. The average Bonchev–Trinajstić information content (AvgIpc) is 2.76. The summed E-state index contributed by atoms with van der Waals surface area (Å²) in [6.07, 6.45) is 2.90. The van der Waals surface area contributed by atoms with E-state index >= 15 is 0 Å². The van der Waals surface area contributed by atoms with Gasteiger partial charge in [0.25, 0.3) is 0 Å². The van der Waals surface area contributed by atoms with Crippen LogP contribution in [0.2, 0.25) is 0 Å². The summed E-state index contributed by atoms with van der Waals surface area (Å²) in [5.41, 5.74) is 3.24. The molecule has 0 N–H and O–H groups in total. The van der Waals surface area contributed by atoms with E-state index < -0.39 is 0 Å². The van der Waals surface area contributed by atoms with Gasteiger partial charge >= 0.3 is 0 Å². The fourth-order valence-corrected chi connectivity index (χ4v) is 2.56. The molecular weight excluding hydrogens is 262 g/mol. The highest BCUT2D eigenvalue weighted by Crippen LogP contribution is 2.27. The summed E-state index contributed by atoms with van der Waals surface area (Å²) in [7, 11) is 3.69. The van der Waals surface area contributed by atoms with Crippen LogP contribution in [-0.2, 0) is 7.05 Å². The fraction of sp³-hybridized carbons (Fsp3) is 0.286. The molecule has 4 nitrogen and oxygen atoms in total. The van der Waals surface area contributed by atoms with Crippen molar-refractivity contribution in [2.45, 2.75) is 6.42 Å². The number of ether oxygens (including phenoxy) is 1. The van der Waals surface area contributed by atoms with E-state index in [1.807, 2.05) is 19.2 Å². The predicted octanol–water partition coefficient (Wildman–Crippen LogP) is 2.97. The first-order valence-corrected chi connectivity index (χ1v) is 6.48. The molecule has 5 heteroatoms. The minimum Gasteiger partial charge on any atom is -0.497 e. The third-order valence-electron chi connectivity index (χ3n) is 3.33. The number of hydrogen-bond donors (Lipinski definition) is 0. The van der Waals surface area contributed by atoms with Crippen molar-refractivity contribution in [2.75, 3.05) is 13.7 Å². The standard InChI is InChI=1S/C14H14ClN3O/c1-18-8-11(12-5-6-16-14(15)17-12)10-4-3-9(19-2)7-13(10)18/h3-4,7-8H,5-6H2,1-2H3. The molecule has 2 aromatic rings. The first kappa shape index (κ1) is 12.2. The second kappa shape index (κ2) is 4.70. The van der Waals surface area contributed by atoms with E-state index in [0.29, 0.717) is 11.8 Å². The number of benzene rings is 1. The van der Waals surface area contributed by atoms with E-state index in [1.165, 1.54) is 0 Å². The molecule has 3 rings (SSSR count). The van der Waals surface area contributed by atoms with Crippen molar-refractivity contribution in [1.82, 2.24) is 4.57 Å². The molecule has 0 atom stereocenters. The number of hydrogen-bond acceptors (Lipinski definition) is 3. The number of fused-ring (bicyclic) bond motifs is 1. The van der Waals surface area contributed by atoms with Crippen LogP contribution in [0.5, 0.6) is 5.75 Å². The Bertz CT molecular complexity index is 700. The molecular formula is C14H14ClN3O. The molecule has 98 valence electrons. The first-order valence-electron chi connectivity index (χ1n) is 6.10. The van der Waals surface area contributed by atoms with Gasteiger partial charge in [-0.3, -0.25) is 4.99 Å². The van der Waals surface area contributed by atoms with Crippen molar-refractivity contribution in [3.8, 4) is 5.75 Å². The maximum atomic E-state index is 5.90. The number of amidine groups is 1. The number of rotatable bonds is 2. The Balaban J connectivity index is 2.18. The molecule has 0 spiro atoms. The van der Waals surface area contributed by atoms with E-state index in [4.69, 9.17) is 16.3 Å². The normalized spacial score (nSPS) is 15.3. The topological polar surface area (TPSA) is 38.9 Å². The third-order valence-corrected chi connectivity index (χ3v) is 3.53. The van der Waals surface area contributed by atoms with E-state index in [0.717, 1.165) is 34.3 Å². The second-order valence-electron chi connectivity index (χ2n) is 4.50. The summed E-state index contributed by atoms with van der Waals surface area (Å²) < 4.78 is 7.34. The van der Waals surface area contributed by atoms with Crippen molar-refractivity contribution in [1.29, 1.82) is 0 Å². The summed E-state index contributed by atoms with van der Waals surface area (Å²) in [5, 5.41) is 1.50. The molecule has 0 radical (unpaired) electrons. The molecule has 1 aliphatic rings. The van der Waals surface area contributed by atoms with Crippen LogP contribution < -0.4 is 4.74 Å². The molecule has 0 saturated carbocycles. The van der Waals surface area contributed by atoms with Gasteiger partial charge in [0.15, 0.2) is 0 Å². The predicted molar refractivity (Wildman–Crippen MR) is 78.8 cm³/mol. The SMILES string of the molecule is COc1ccc2c(C3=NC(Cl)=NCC3)cn(C)c2c1. The Labute approximate surface area is 116 Å². The number of halogens is 1. The maximum Gasteiger partial charge on any atom is 0.217 e. The molecule has 1 aromatic heterocycles. The van der Waals surface area contributed by atoms with Gasteiger partial charge in [-0.2, -0.15) is 0 Å². The summed E-state index contributed by atoms with van der Waals surface area (Å²) in [5.74, 6) is 0.852. The van der Waals surface area contributed by atoms with Crippen molar-refractivity contribution in [3.63, 3.8) is 0 Å². The maximum absolute atomic E-state index is 5.90. The van der Waals surface area contributed by atoms with Gasteiger partial charge in [0, 0.05) is 43.2 Å². The van der Waals surface area contributed by atoms with Gasteiger partial charge < -0.3 is 9.30 Å². The number of aryl methyl sites for hydroxylation is 1. The Morgan fingerprint density at radius 2 is 2.21 bits per heavy atom. The Morgan fingerprint density at radius 3 is 2.95 bits per heavy atom. The lowest BCUT2D eigenvalue weighted by molar-refractivity contribution is 0.415. The monoisotopic (exact) mass is 275 g/mol. The lowest BCUT2D eigenvalue weighted by Crippen LogP contribution is -2.09. The van der Waals surface area contributed by atoms with Gasteiger partial charge in [-0.25, -0.2) is 4.99 Å². The van der Waals surface area contributed by atoms with Gasteiger partial charge in [-0.15, -0.1) is 0 Å². The molecule has 0 aliphatic carbocycles. The Kier molecular flexibility index (Phi) is 3.03. The summed E-state index contributed by atoms with van der Waals surface area (Å²) in [6.45, 7) is 0.699. The molecule has 19 heavy (non-hydrogen) atoms. The van der Waals surface area contributed by atoms with Gasteiger partial charge in [0.05, 0.1) is 18.3 Å². The zero-order chi connectivity index (χ0) is 13.4. The molecule has 1 aromatic carbocycles. The van der Waals surface area contributed by atoms with E-state index in [9.17, 15) is 0 Å². The van der Waals surface area contributed by atoms with Crippen LogP contribution in [0.4, 0.5) is 0 Å². The largest absolute Gasteiger partial charge is 0.497 e. The van der Waals surface area contributed by atoms with Crippen molar-refractivity contribution in [3.05, 3.63) is 30.0 Å². The van der Waals surface area contributed by atoms with Gasteiger partial charge in [0.1, 0.15) is 5.75 Å². The minimum absolute atomic E-state index is 0.340. The van der Waals surface area contributed by atoms with Gasteiger partial charge in [-0.1, -0.05) is 0 Å². The lowest BCUT2D eigenvalue weighted by Gasteiger charge is -2.08. The molecule has 0 saturated heterocycles. The van der Waals surface area contributed by atoms with E-state index in [-0.39, 0.29) is 0 Å². The highest BCUT2D eigenvalue weighted by atomic mass is 35.5. The van der Waals surface area contributed by atoms with E-state index in [2.05, 4.69) is 26.8 Å². The summed E-state index contributed by atoms with van der Waals surface area (Å²) >= 11 is 5.90. The smallest absolute Gasteiger partial charge is 0.217 e. The van der Waals surface area contributed by atoms with Crippen LogP contribution in [0.3, 0.4) is 0 Å². The molecule has 1 aliphatic heterocycles. The van der Waals surface area contributed by atoms with E-state index in [1.54, 1.807) is 7.11 Å². The quantitative estimate of drug-likeness (QED) is 0.777. The van der Waals surface area contributed by atoms with Crippen LogP contribution >= 0.6 is 11.6 Å². The highest BCUT2D eigenvalue weighted by molar-refractivity contribution is 6.66. The average molecular weight is 276 g/mol.